The average Bonchev–Trinajstić information content (AvgIpc) is 2.80. The van der Waals surface area contributed by atoms with Crippen LogP contribution in [0.4, 0.5) is 0 Å². The second-order valence-corrected chi connectivity index (χ2v) is 10.2. The maximum absolute atomic E-state index is 12.9. The molecule has 0 aliphatic rings. The van der Waals surface area contributed by atoms with Crippen LogP contribution < -0.4 is 15.4 Å². The van der Waals surface area contributed by atoms with Crippen molar-refractivity contribution >= 4 is 21.8 Å². The van der Waals surface area contributed by atoms with Gasteiger partial charge in [-0.3, -0.25) is 9.59 Å². The van der Waals surface area contributed by atoms with Crippen molar-refractivity contribution in [2.45, 2.75) is 45.6 Å². The zero-order valence-electron chi connectivity index (χ0n) is 20.5. The molecule has 0 saturated heterocycles. The highest BCUT2D eigenvalue weighted by Gasteiger charge is 2.26. The monoisotopic (exact) mass is 489 g/mol. The third-order valence-electron chi connectivity index (χ3n) is 5.33. The van der Waals surface area contributed by atoms with E-state index in [1.807, 2.05) is 45.0 Å². The van der Waals surface area contributed by atoms with E-state index in [2.05, 4.69) is 10.6 Å². The molecule has 0 radical (unpaired) electrons. The van der Waals surface area contributed by atoms with Crippen LogP contribution in [0.2, 0.25) is 0 Å². The Morgan fingerprint density at radius 1 is 1.03 bits per heavy atom. The third kappa shape index (κ3) is 7.30. The van der Waals surface area contributed by atoms with Crippen molar-refractivity contribution in [2.24, 2.45) is 5.92 Å². The molecule has 2 N–H and O–H groups in total. The maximum Gasteiger partial charge on any atom is 0.251 e. The molecule has 9 heteroatoms. The van der Waals surface area contributed by atoms with E-state index >= 15 is 0 Å². The van der Waals surface area contributed by atoms with Crippen molar-refractivity contribution in [2.75, 3.05) is 26.2 Å². The van der Waals surface area contributed by atoms with Crippen molar-refractivity contribution in [3.05, 3.63) is 59.7 Å². The Kier molecular flexibility index (Phi) is 10.1. The molecule has 0 bridgehead atoms. The SMILES string of the molecule is CCN(CC)S(=O)(=O)c1cccc(C(=O)N[C@H](C(=O)NCCOc2cccc(C)c2)C(C)C)c1. The molecule has 2 aromatic rings. The Bertz CT molecular complexity index is 1080. The lowest BCUT2D eigenvalue weighted by Gasteiger charge is -2.22. The van der Waals surface area contributed by atoms with Gasteiger partial charge >= 0.3 is 0 Å². The lowest BCUT2D eigenvalue weighted by atomic mass is 10.0. The lowest BCUT2D eigenvalue weighted by Crippen LogP contribution is -2.50. The van der Waals surface area contributed by atoms with Crippen molar-refractivity contribution < 1.29 is 22.7 Å². The van der Waals surface area contributed by atoms with E-state index in [-0.39, 0.29) is 28.8 Å². The van der Waals surface area contributed by atoms with Crippen LogP contribution in [-0.2, 0) is 14.8 Å². The summed E-state index contributed by atoms with van der Waals surface area (Å²) >= 11 is 0. The molecule has 2 aromatic carbocycles. The predicted octanol–water partition coefficient (Wildman–Crippen LogP) is 2.98. The van der Waals surface area contributed by atoms with Gasteiger partial charge in [-0.2, -0.15) is 4.31 Å². The highest BCUT2D eigenvalue weighted by Crippen LogP contribution is 2.17. The molecule has 0 aliphatic carbocycles. The van der Waals surface area contributed by atoms with Gasteiger partial charge in [-0.25, -0.2) is 8.42 Å². The number of nitrogens with zero attached hydrogens (tertiary/aromatic N) is 1. The van der Waals surface area contributed by atoms with Gasteiger partial charge in [-0.1, -0.05) is 45.9 Å². The first kappa shape index (κ1) is 27.3. The Morgan fingerprint density at radius 3 is 2.32 bits per heavy atom. The zero-order valence-corrected chi connectivity index (χ0v) is 21.3. The number of hydrogen-bond donors (Lipinski definition) is 2. The number of rotatable bonds is 12. The first-order valence-corrected chi connectivity index (χ1v) is 12.9. The molecule has 0 aliphatic heterocycles. The summed E-state index contributed by atoms with van der Waals surface area (Å²) in [6.07, 6.45) is 0. The Labute approximate surface area is 202 Å². The minimum atomic E-state index is -3.70. The summed E-state index contributed by atoms with van der Waals surface area (Å²) in [5.74, 6) is -0.295. The fourth-order valence-electron chi connectivity index (χ4n) is 3.43. The van der Waals surface area contributed by atoms with Crippen LogP contribution in [0, 0.1) is 12.8 Å². The lowest BCUT2D eigenvalue weighted by molar-refractivity contribution is -0.124. The van der Waals surface area contributed by atoms with Gasteiger partial charge in [-0.15, -0.1) is 0 Å². The molecule has 0 spiro atoms. The second kappa shape index (κ2) is 12.5. The number of hydrogen-bond acceptors (Lipinski definition) is 5. The van der Waals surface area contributed by atoms with Gasteiger partial charge in [0.15, 0.2) is 0 Å². The molecule has 2 rings (SSSR count). The number of nitrogens with one attached hydrogen (secondary N) is 2. The molecule has 0 fully saturated rings. The van der Waals surface area contributed by atoms with Gasteiger partial charge in [0.05, 0.1) is 11.4 Å². The van der Waals surface area contributed by atoms with E-state index in [9.17, 15) is 18.0 Å². The predicted molar refractivity (Wildman–Crippen MR) is 132 cm³/mol. The summed E-state index contributed by atoms with van der Waals surface area (Å²) in [7, 11) is -3.70. The summed E-state index contributed by atoms with van der Waals surface area (Å²) in [4.78, 5) is 25.6. The standard InChI is InChI=1S/C25H35N3O5S/c1-6-28(7-2)34(31,32)22-13-9-11-20(17-22)24(29)27-23(18(3)4)25(30)26-14-15-33-21-12-8-10-19(5)16-21/h8-13,16-18,23H,6-7,14-15H2,1-5H3,(H,26,30)(H,27,29)/t23-/m0/s1. The number of carbonyl (C=O) groups excluding carboxylic acids is 2. The molecule has 8 nitrogen and oxygen atoms in total. The molecule has 34 heavy (non-hydrogen) atoms. The Balaban J connectivity index is 2.02. The van der Waals surface area contributed by atoms with E-state index in [1.165, 1.54) is 28.6 Å². The highest BCUT2D eigenvalue weighted by molar-refractivity contribution is 7.89. The van der Waals surface area contributed by atoms with Crippen molar-refractivity contribution in [3.63, 3.8) is 0 Å². The number of aryl methyl sites for hydroxylation is 1. The van der Waals surface area contributed by atoms with Crippen molar-refractivity contribution in [3.8, 4) is 5.75 Å². The van der Waals surface area contributed by atoms with E-state index in [1.54, 1.807) is 13.8 Å². The third-order valence-corrected chi connectivity index (χ3v) is 7.38. The topological polar surface area (TPSA) is 105 Å². The minimum absolute atomic E-state index is 0.0442. The molecule has 1 atom stereocenters. The quantitative estimate of drug-likeness (QED) is 0.446. The van der Waals surface area contributed by atoms with Crippen LogP contribution >= 0.6 is 0 Å². The van der Waals surface area contributed by atoms with Crippen LogP contribution in [0.3, 0.4) is 0 Å². The first-order valence-electron chi connectivity index (χ1n) is 11.5. The zero-order chi connectivity index (χ0) is 25.3. The molecule has 0 heterocycles. The summed E-state index contributed by atoms with van der Waals surface area (Å²) in [6.45, 7) is 10.4. The number of amides is 2. The summed E-state index contributed by atoms with van der Waals surface area (Å²) in [6, 6.07) is 12.7. The molecular weight excluding hydrogens is 454 g/mol. The van der Waals surface area contributed by atoms with Gasteiger partial charge < -0.3 is 15.4 Å². The number of sulfonamides is 1. The summed E-state index contributed by atoms with van der Waals surface area (Å²) in [5, 5.41) is 5.52. The first-order chi connectivity index (χ1) is 16.1. The second-order valence-electron chi connectivity index (χ2n) is 8.27. The molecule has 0 saturated carbocycles. The fraction of sp³-hybridized carbons (Fsp3) is 0.440. The van der Waals surface area contributed by atoms with Gasteiger partial charge in [0.1, 0.15) is 18.4 Å². The fourth-order valence-corrected chi connectivity index (χ4v) is 4.93. The molecule has 0 unspecified atom stereocenters. The number of benzene rings is 2. The number of carbonyl (C=O) groups is 2. The van der Waals surface area contributed by atoms with Crippen molar-refractivity contribution in [1.82, 2.24) is 14.9 Å². The average molecular weight is 490 g/mol. The largest absolute Gasteiger partial charge is 0.492 e. The van der Waals surface area contributed by atoms with Crippen LogP contribution in [0.15, 0.2) is 53.4 Å². The van der Waals surface area contributed by atoms with E-state index in [4.69, 9.17) is 4.74 Å². The van der Waals surface area contributed by atoms with Crippen molar-refractivity contribution in [1.29, 1.82) is 0 Å². The van der Waals surface area contributed by atoms with Gasteiger partial charge in [0, 0.05) is 18.7 Å². The Morgan fingerprint density at radius 2 is 1.71 bits per heavy atom. The van der Waals surface area contributed by atoms with Crippen LogP contribution in [0.5, 0.6) is 5.75 Å². The van der Waals surface area contributed by atoms with Gasteiger partial charge in [0.25, 0.3) is 5.91 Å². The molecule has 186 valence electrons. The molecule has 0 aromatic heterocycles. The normalized spacial score (nSPS) is 12.4. The molecule has 2 amide bonds. The minimum Gasteiger partial charge on any atom is -0.492 e. The highest BCUT2D eigenvalue weighted by atomic mass is 32.2. The smallest absolute Gasteiger partial charge is 0.251 e. The number of ether oxygens (including phenoxy) is 1. The van der Waals surface area contributed by atoms with Crippen LogP contribution in [0.25, 0.3) is 0 Å². The Hall–Kier alpha value is -2.91. The van der Waals surface area contributed by atoms with Crippen LogP contribution in [-0.4, -0.2) is 56.8 Å². The van der Waals surface area contributed by atoms with Gasteiger partial charge in [-0.05, 0) is 48.7 Å². The van der Waals surface area contributed by atoms with Gasteiger partial charge in [0.2, 0.25) is 15.9 Å². The summed E-state index contributed by atoms with van der Waals surface area (Å²) in [5.41, 5.74) is 1.26. The van der Waals surface area contributed by atoms with E-state index in [0.29, 0.717) is 19.7 Å². The van der Waals surface area contributed by atoms with E-state index < -0.39 is 22.0 Å². The molecular formula is C25H35N3O5S. The maximum atomic E-state index is 12.9. The summed E-state index contributed by atoms with van der Waals surface area (Å²) < 4.78 is 32.6. The van der Waals surface area contributed by atoms with Crippen LogP contribution in [0.1, 0.15) is 43.6 Å². The van der Waals surface area contributed by atoms with E-state index in [0.717, 1.165) is 11.3 Å².